The highest BCUT2D eigenvalue weighted by atomic mass is 127. The molecule has 0 aliphatic heterocycles. The van der Waals surface area contributed by atoms with Crippen LogP contribution in [0.2, 0.25) is 0 Å². The van der Waals surface area contributed by atoms with Gasteiger partial charge >= 0.3 is 0 Å². The SMILES string of the molecule is CCNC(=NCc1ccc(CC)s1)NCCNC(=O)c1cccc(OC)c1.I. The maximum Gasteiger partial charge on any atom is 0.251 e. The van der Waals surface area contributed by atoms with Gasteiger partial charge in [0.25, 0.3) is 5.91 Å². The van der Waals surface area contributed by atoms with Gasteiger partial charge in [-0.3, -0.25) is 4.79 Å². The number of halogens is 1. The summed E-state index contributed by atoms with van der Waals surface area (Å²) in [6.45, 7) is 6.71. The average Bonchev–Trinajstić information content (AvgIpc) is 3.17. The van der Waals surface area contributed by atoms with E-state index in [4.69, 9.17) is 4.74 Å². The third kappa shape index (κ3) is 8.05. The van der Waals surface area contributed by atoms with E-state index in [1.165, 1.54) is 9.75 Å². The molecule has 28 heavy (non-hydrogen) atoms. The first-order valence-corrected chi connectivity index (χ1v) is 10.00. The van der Waals surface area contributed by atoms with Gasteiger partial charge in [-0.05, 0) is 43.7 Å². The fourth-order valence-electron chi connectivity index (χ4n) is 2.42. The van der Waals surface area contributed by atoms with Gasteiger partial charge in [-0.1, -0.05) is 13.0 Å². The van der Waals surface area contributed by atoms with E-state index in [0.29, 0.717) is 30.9 Å². The standard InChI is InChI=1S/C20H28N4O2S.HI/c1-4-17-9-10-18(27-17)14-24-20(21-5-2)23-12-11-22-19(25)15-7-6-8-16(13-15)26-3;/h6-10,13H,4-5,11-12,14H2,1-3H3,(H,22,25)(H2,21,23,24);1H. The molecule has 0 saturated heterocycles. The number of carbonyl (C=O) groups is 1. The number of rotatable bonds is 9. The van der Waals surface area contributed by atoms with E-state index >= 15 is 0 Å². The number of benzene rings is 1. The number of ether oxygens (including phenoxy) is 1. The minimum atomic E-state index is -0.122. The fourth-order valence-corrected chi connectivity index (χ4v) is 3.30. The summed E-state index contributed by atoms with van der Waals surface area (Å²) in [7, 11) is 1.59. The van der Waals surface area contributed by atoms with Crippen molar-refractivity contribution in [3.05, 3.63) is 51.7 Å². The number of nitrogens with zero attached hydrogens (tertiary/aromatic N) is 1. The van der Waals surface area contributed by atoms with Gasteiger partial charge in [0.2, 0.25) is 0 Å². The molecule has 0 aliphatic carbocycles. The smallest absolute Gasteiger partial charge is 0.251 e. The number of guanidine groups is 1. The number of aliphatic imine (C=N–C) groups is 1. The lowest BCUT2D eigenvalue weighted by Gasteiger charge is -2.12. The Labute approximate surface area is 188 Å². The molecule has 1 aromatic heterocycles. The summed E-state index contributed by atoms with van der Waals surface area (Å²) < 4.78 is 5.15. The Bertz CT molecular complexity index is 764. The molecular weight excluding hydrogens is 487 g/mol. The van der Waals surface area contributed by atoms with Crippen molar-refractivity contribution < 1.29 is 9.53 Å². The third-order valence-electron chi connectivity index (χ3n) is 3.84. The second-order valence-electron chi connectivity index (χ2n) is 5.83. The Hall–Kier alpha value is -1.81. The van der Waals surface area contributed by atoms with E-state index in [-0.39, 0.29) is 29.9 Å². The van der Waals surface area contributed by atoms with Crippen molar-refractivity contribution in [3.8, 4) is 5.75 Å². The molecule has 1 amide bonds. The monoisotopic (exact) mass is 516 g/mol. The van der Waals surface area contributed by atoms with Crippen LogP contribution in [-0.4, -0.2) is 38.6 Å². The summed E-state index contributed by atoms with van der Waals surface area (Å²) in [4.78, 5) is 19.4. The quantitative estimate of drug-likeness (QED) is 0.207. The summed E-state index contributed by atoms with van der Waals surface area (Å²) in [5, 5.41) is 9.36. The molecule has 0 atom stereocenters. The van der Waals surface area contributed by atoms with Crippen molar-refractivity contribution in [1.82, 2.24) is 16.0 Å². The molecule has 1 heterocycles. The van der Waals surface area contributed by atoms with Crippen molar-refractivity contribution in [2.45, 2.75) is 26.8 Å². The number of amides is 1. The van der Waals surface area contributed by atoms with E-state index in [9.17, 15) is 4.79 Å². The number of aryl methyl sites for hydroxylation is 1. The van der Waals surface area contributed by atoms with Gasteiger partial charge in [-0.2, -0.15) is 0 Å². The van der Waals surface area contributed by atoms with Crippen LogP contribution >= 0.6 is 35.3 Å². The minimum absolute atomic E-state index is 0. The van der Waals surface area contributed by atoms with Gasteiger partial charge in [0, 0.05) is 35.0 Å². The van der Waals surface area contributed by atoms with Crippen LogP contribution < -0.4 is 20.7 Å². The van der Waals surface area contributed by atoms with Crippen LogP contribution in [0, 0.1) is 0 Å². The predicted molar refractivity (Wildman–Crippen MR) is 127 cm³/mol. The first-order valence-electron chi connectivity index (χ1n) is 9.18. The van der Waals surface area contributed by atoms with Gasteiger partial charge in [0.05, 0.1) is 13.7 Å². The molecule has 6 nitrogen and oxygen atoms in total. The Kier molecular flexibility index (Phi) is 11.6. The molecule has 0 unspecified atom stereocenters. The summed E-state index contributed by atoms with van der Waals surface area (Å²) in [5.74, 6) is 1.30. The maximum absolute atomic E-state index is 12.2. The molecule has 0 bridgehead atoms. The Morgan fingerprint density at radius 2 is 1.82 bits per heavy atom. The summed E-state index contributed by atoms with van der Waals surface area (Å²) >= 11 is 1.80. The highest BCUT2D eigenvalue weighted by Gasteiger charge is 2.06. The zero-order chi connectivity index (χ0) is 19.5. The Balaban J connectivity index is 0.00000392. The number of thiophene rings is 1. The molecule has 0 fully saturated rings. The Morgan fingerprint density at radius 1 is 1.07 bits per heavy atom. The third-order valence-corrected chi connectivity index (χ3v) is 5.05. The van der Waals surface area contributed by atoms with Crippen LogP contribution in [0.3, 0.4) is 0 Å². The molecule has 8 heteroatoms. The zero-order valence-electron chi connectivity index (χ0n) is 16.6. The molecule has 3 N–H and O–H groups in total. The van der Waals surface area contributed by atoms with Crippen molar-refractivity contribution in [2.24, 2.45) is 4.99 Å². The van der Waals surface area contributed by atoms with Gasteiger partial charge in [-0.15, -0.1) is 35.3 Å². The van der Waals surface area contributed by atoms with E-state index in [1.54, 1.807) is 36.6 Å². The zero-order valence-corrected chi connectivity index (χ0v) is 19.7. The number of hydrogen-bond acceptors (Lipinski definition) is 4. The van der Waals surface area contributed by atoms with E-state index in [0.717, 1.165) is 18.9 Å². The molecule has 154 valence electrons. The van der Waals surface area contributed by atoms with Crippen LogP contribution in [-0.2, 0) is 13.0 Å². The Morgan fingerprint density at radius 3 is 2.50 bits per heavy atom. The largest absolute Gasteiger partial charge is 0.497 e. The lowest BCUT2D eigenvalue weighted by Crippen LogP contribution is -2.41. The van der Waals surface area contributed by atoms with Crippen molar-refractivity contribution >= 4 is 47.2 Å². The lowest BCUT2D eigenvalue weighted by atomic mass is 10.2. The average molecular weight is 516 g/mol. The maximum atomic E-state index is 12.2. The van der Waals surface area contributed by atoms with Gasteiger partial charge in [0.15, 0.2) is 5.96 Å². The second-order valence-corrected chi connectivity index (χ2v) is 7.08. The normalized spacial score (nSPS) is 10.8. The minimum Gasteiger partial charge on any atom is -0.497 e. The van der Waals surface area contributed by atoms with Crippen LogP contribution in [0.15, 0.2) is 41.4 Å². The molecule has 2 rings (SSSR count). The summed E-state index contributed by atoms with van der Waals surface area (Å²) in [6.07, 6.45) is 1.06. The van der Waals surface area contributed by atoms with Gasteiger partial charge < -0.3 is 20.7 Å². The fraction of sp³-hybridized carbons (Fsp3) is 0.400. The van der Waals surface area contributed by atoms with Crippen LogP contribution in [0.5, 0.6) is 5.75 Å². The van der Waals surface area contributed by atoms with Gasteiger partial charge in [-0.25, -0.2) is 4.99 Å². The molecule has 0 radical (unpaired) electrons. The number of methoxy groups -OCH3 is 1. The van der Waals surface area contributed by atoms with Crippen molar-refractivity contribution in [2.75, 3.05) is 26.7 Å². The first-order chi connectivity index (χ1) is 13.2. The van der Waals surface area contributed by atoms with E-state index < -0.39 is 0 Å². The van der Waals surface area contributed by atoms with Crippen molar-refractivity contribution in [1.29, 1.82) is 0 Å². The molecule has 1 aromatic carbocycles. The highest BCUT2D eigenvalue weighted by molar-refractivity contribution is 14.0. The van der Waals surface area contributed by atoms with Crippen LogP contribution in [0.25, 0.3) is 0 Å². The number of nitrogens with one attached hydrogen (secondary N) is 3. The number of carbonyl (C=O) groups excluding carboxylic acids is 1. The number of hydrogen-bond donors (Lipinski definition) is 3. The predicted octanol–water partition coefficient (Wildman–Crippen LogP) is 3.42. The van der Waals surface area contributed by atoms with Crippen LogP contribution in [0.1, 0.15) is 34.0 Å². The molecule has 0 spiro atoms. The topological polar surface area (TPSA) is 74.8 Å². The molecule has 0 aliphatic rings. The molecular formula is C20H29IN4O2S. The summed E-state index contributed by atoms with van der Waals surface area (Å²) in [6, 6.07) is 11.4. The van der Waals surface area contributed by atoms with Crippen molar-refractivity contribution in [3.63, 3.8) is 0 Å². The highest BCUT2D eigenvalue weighted by Crippen LogP contribution is 2.17. The lowest BCUT2D eigenvalue weighted by molar-refractivity contribution is 0.0954. The van der Waals surface area contributed by atoms with Crippen LogP contribution in [0.4, 0.5) is 0 Å². The summed E-state index contributed by atoms with van der Waals surface area (Å²) in [5.41, 5.74) is 0.583. The first kappa shape index (κ1) is 24.2. The molecule has 0 saturated carbocycles. The van der Waals surface area contributed by atoms with E-state index in [1.807, 2.05) is 13.0 Å². The molecule has 2 aromatic rings. The van der Waals surface area contributed by atoms with Gasteiger partial charge in [0.1, 0.15) is 5.75 Å². The van der Waals surface area contributed by atoms with E-state index in [2.05, 4.69) is 40.0 Å². The second kappa shape index (κ2) is 13.4.